The molecule has 1 radical (unpaired) electrons. The van der Waals surface area contributed by atoms with Gasteiger partial charge >= 0.3 is 0 Å². The van der Waals surface area contributed by atoms with Crippen LogP contribution in [0.4, 0.5) is 0 Å². The summed E-state index contributed by atoms with van der Waals surface area (Å²) in [7, 11) is 0. The molecule has 0 aliphatic heterocycles. The van der Waals surface area contributed by atoms with Gasteiger partial charge in [0.05, 0.1) is 0 Å². The Kier molecular flexibility index (Phi) is 14.9. The molecule has 0 aromatic carbocycles. The van der Waals surface area contributed by atoms with Crippen molar-refractivity contribution in [3.8, 4) is 0 Å². The fourth-order valence-corrected chi connectivity index (χ4v) is 2.89. The molecule has 1 heteroatoms. The summed E-state index contributed by atoms with van der Waals surface area (Å²) in [5.74, 6) is 0. The van der Waals surface area contributed by atoms with Gasteiger partial charge in [0.2, 0.25) is 0 Å². The third-order valence-corrected chi connectivity index (χ3v) is 4.41. The predicted octanol–water partition coefficient (Wildman–Crippen LogP) is 6.87. The zero-order chi connectivity index (χ0) is 15.8. The normalized spacial score (nSPS) is 12.0. The Morgan fingerprint density at radius 2 is 1.00 bits per heavy atom. The standard InChI is InChI=1S/C20H42N/c1-5-7-8-9-10-11-12-13-14-15-16-17-18-20(3,4)21-19-6-2/h5-19H2,1-4H3. The third kappa shape index (κ3) is 16.2. The van der Waals surface area contributed by atoms with E-state index in [1.165, 1.54) is 89.9 Å². The number of hydrogen-bond acceptors (Lipinski definition) is 0. The van der Waals surface area contributed by atoms with Crippen LogP contribution in [0.15, 0.2) is 0 Å². The molecule has 0 spiro atoms. The number of unbranched alkanes of at least 4 members (excludes halogenated alkanes) is 11. The average molecular weight is 297 g/mol. The summed E-state index contributed by atoms with van der Waals surface area (Å²) in [6.07, 6.45) is 19.6. The van der Waals surface area contributed by atoms with Gasteiger partial charge in [-0.15, -0.1) is 0 Å². The van der Waals surface area contributed by atoms with Crippen molar-refractivity contribution in [2.75, 3.05) is 6.54 Å². The van der Waals surface area contributed by atoms with Gasteiger partial charge in [-0.3, -0.25) is 0 Å². The molecule has 0 aliphatic rings. The summed E-state index contributed by atoms with van der Waals surface area (Å²) in [5.41, 5.74) is 0.217. The first-order chi connectivity index (χ1) is 10.1. The predicted molar refractivity (Wildman–Crippen MR) is 97.1 cm³/mol. The van der Waals surface area contributed by atoms with Crippen molar-refractivity contribution in [2.45, 2.75) is 123 Å². The van der Waals surface area contributed by atoms with E-state index in [0.29, 0.717) is 0 Å². The first-order valence-corrected chi connectivity index (χ1v) is 9.81. The van der Waals surface area contributed by atoms with Crippen LogP contribution in [0, 0.1) is 0 Å². The second-order valence-electron chi connectivity index (χ2n) is 7.33. The van der Waals surface area contributed by atoms with Crippen molar-refractivity contribution >= 4 is 0 Å². The fraction of sp³-hybridized carbons (Fsp3) is 1.00. The SMILES string of the molecule is CCCCCCCCCCCCCCC(C)(C)[N]CCC. The third-order valence-electron chi connectivity index (χ3n) is 4.41. The number of rotatable bonds is 16. The first-order valence-electron chi connectivity index (χ1n) is 9.81. The molecule has 0 unspecified atom stereocenters. The van der Waals surface area contributed by atoms with Crippen molar-refractivity contribution in [2.24, 2.45) is 0 Å². The summed E-state index contributed by atoms with van der Waals surface area (Å²) in [5, 5.41) is 4.76. The highest BCUT2D eigenvalue weighted by Crippen LogP contribution is 2.17. The minimum atomic E-state index is 0.217. The lowest BCUT2D eigenvalue weighted by Crippen LogP contribution is -2.33. The van der Waals surface area contributed by atoms with Crippen LogP contribution < -0.4 is 5.32 Å². The van der Waals surface area contributed by atoms with Crippen molar-refractivity contribution < 1.29 is 0 Å². The van der Waals surface area contributed by atoms with Gasteiger partial charge in [-0.05, 0) is 26.7 Å². The molecule has 0 saturated carbocycles. The fourth-order valence-electron chi connectivity index (χ4n) is 2.89. The maximum atomic E-state index is 4.76. The van der Waals surface area contributed by atoms with Crippen LogP contribution in [0.2, 0.25) is 0 Å². The van der Waals surface area contributed by atoms with Crippen molar-refractivity contribution in [1.29, 1.82) is 0 Å². The minimum absolute atomic E-state index is 0.217. The van der Waals surface area contributed by atoms with Crippen molar-refractivity contribution in [3.63, 3.8) is 0 Å². The van der Waals surface area contributed by atoms with Gasteiger partial charge in [0.25, 0.3) is 0 Å². The molecule has 0 aliphatic carbocycles. The average Bonchev–Trinajstić information content (AvgIpc) is 2.46. The lowest BCUT2D eigenvalue weighted by atomic mass is 9.95. The number of nitrogens with zero attached hydrogens (tertiary/aromatic N) is 1. The highest BCUT2D eigenvalue weighted by molar-refractivity contribution is 4.76. The van der Waals surface area contributed by atoms with E-state index in [4.69, 9.17) is 5.32 Å². The molecule has 0 rings (SSSR count). The van der Waals surface area contributed by atoms with Crippen LogP contribution >= 0.6 is 0 Å². The topological polar surface area (TPSA) is 14.1 Å². The quantitative estimate of drug-likeness (QED) is 0.276. The zero-order valence-corrected chi connectivity index (χ0v) is 15.6. The monoisotopic (exact) mass is 296 g/mol. The van der Waals surface area contributed by atoms with E-state index in [1.807, 2.05) is 0 Å². The molecule has 0 fully saturated rings. The molecule has 0 atom stereocenters. The van der Waals surface area contributed by atoms with E-state index in [2.05, 4.69) is 27.7 Å². The van der Waals surface area contributed by atoms with E-state index in [-0.39, 0.29) is 5.54 Å². The molecular weight excluding hydrogens is 254 g/mol. The molecule has 0 aromatic heterocycles. The summed E-state index contributed by atoms with van der Waals surface area (Å²) in [4.78, 5) is 0. The highest BCUT2D eigenvalue weighted by atomic mass is 14.9. The Morgan fingerprint density at radius 1 is 0.571 bits per heavy atom. The van der Waals surface area contributed by atoms with Gasteiger partial charge in [-0.1, -0.05) is 90.9 Å². The molecule has 127 valence electrons. The molecule has 0 heterocycles. The van der Waals surface area contributed by atoms with Crippen LogP contribution in [0.25, 0.3) is 0 Å². The van der Waals surface area contributed by atoms with Gasteiger partial charge in [0.15, 0.2) is 0 Å². The van der Waals surface area contributed by atoms with Crippen LogP contribution in [0.5, 0.6) is 0 Å². The largest absolute Gasteiger partial charge is 0.236 e. The molecular formula is C20H42N. The Balaban J connectivity index is 3.18. The van der Waals surface area contributed by atoms with E-state index in [9.17, 15) is 0 Å². The van der Waals surface area contributed by atoms with Gasteiger partial charge in [0, 0.05) is 12.1 Å². The highest BCUT2D eigenvalue weighted by Gasteiger charge is 2.16. The van der Waals surface area contributed by atoms with Gasteiger partial charge < -0.3 is 0 Å². The summed E-state index contributed by atoms with van der Waals surface area (Å²) >= 11 is 0. The molecule has 0 aromatic rings. The van der Waals surface area contributed by atoms with E-state index < -0.39 is 0 Å². The van der Waals surface area contributed by atoms with Crippen LogP contribution in [0.3, 0.4) is 0 Å². The lowest BCUT2D eigenvalue weighted by Gasteiger charge is -2.24. The zero-order valence-electron chi connectivity index (χ0n) is 15.6. The van der Waals surface area contributed by atoms with Crippen molar-refractivity contribution in [3.05, 3.63) is 0 Å². The molecule has 0 amide bonds. The van der Waals surface area contributed by atoms with Crippen LogP contribution in [-0.4, -0.2) is 12.1 Å². The minimum Gasteiger partial charge on any atom is -0.236 e. The smallest absolute Gasteiger partial charge is 0.0300 e. The van der Waals surface area contributed by atoms with E-state index in [0.717, 1.165) is 6.54 Å². The Morgan fingerprint density at radius 3 is 1.43 bits per heavy atom. The van der Waals surface area contributed by atoms with E-state index in [1.54, 1.807) is 0 Å². The molecule has 0 N–H and O–H groups in total. The molecule has 21 heavy (non-hydrogen) atoms. The Hall–Kier alpha value is -0.0400. The van der Waals surface area contributed by atoms with Gasteiger partial charge in [-0.25, -0.2) is 5.32 Å². The maximum Gasteiger partial charge on any atom is 0.0300 e. The number of hydrogen-bond donors (Lipinski definition) is 0. The van der Waals surface area contributed by atoms with Gasteiger partial charge in [-0.2, -0.15) is 0 Å². The molecule has 0 bridgehead atoms. The Bertz CT molecular complexity index is 198. The van der Waals surface area contributed by atoms with Crippen LogP contribution in [-0.2, 0) is 0 Å². The second-order valence-corrected chi connectivity index (χ2v) is 7.33. The molecule has 0 saturated heterocycles. The molecule has 1 nitrogen and oxygen atoms in total. The second kappa shape index (κ2) is 14.9. The maximum absolute atomic E-state index is 4.76. The summed E-state index contributed by atoms with van der Waals surface area (Å²) in [6, 6.07) is 0. The van der Waals surface area contributed by atoms with Crippen LogP contribution in [0.1, 0.15) is 118 Å². The van der Waals surface area contributed by atoms with Crippen molar-refractivity contribution in [1.82, 2.24) is 5.32 Å². The lowest BCUT2D eigenvalue weighted by molar-refractivity contribution is 0.340. The first kappa shape index (κ1) is 21.0. The summed E-state index contributed by atoms with van der Waals surface area (Å²) < 4.78 is 0. The Labute approximate surface area is 135 Å². The van der Waals surface area contributed by atoms with Gasteiger partial charge in [0.1, 0.15) is 0 Å². The van der Waals surface area contributed by atoms with E-state index >= 15 is 0 Å². The summed E-state index contributed by atoms with van der Waals surface area (Å²) in [6.45, 7) is 10.1.